The Labute approximate surface area is 177 Å². The van der Waals surface area contributed by atoms with Gasteiger partial charge in [0.25, 0.3) is 11.1 Å². The third-order valence-corrected chi connectivity index (χ3v) is 6.57. The van der Waals surface area contributed by atoms with Crippen LogP contribution in [0.3, 0.4) is 0 Å². The van der Waals surface area contributed by atoms with Crippen LogP contribution in [0.1, 0.15) is 17.6 Å². The van der Waals surface area contributed by atoms with Gasteiger partial charge in [0.2, 0.25) is 17.7 Å². The Kier molecular flexibility index (Phi) is 5.51. The van der Waals surface area contributed by atoms with Gasteiger partial charge in [-0.05, 0) is 5.57 Å². The lowest BCUT2D eigenvalue weighted by molar-refractivity contribution is -0.301. The molecule has 0 spiro atoms. The van der Waals surface area contributed by atoms with Crippen molar-refractivity contribution in [3.05, 3.63) is 28.9 Å². The van der Waals surface area contributed by atoms with Gasteiger partial charge in [-0.15, -0.1) is 22.0 Å². The van der Waals surface area contributed by atoms with Crippen molar-refractivity contribution < 1.29 is 28.4 Å². The average molecular weight is 451 g/mol. The smallest absolute Gasteiger partial charge is 0.276 e. The van der Waals surface area contributed by atoms with Crippen LogP contribution < -0.4 is 10.4 Å². The number of rotatable bonds is 7. The van der Waals surface area contributed by atoms with Crippen molar-refractivity contribution in [2.24, 2.45) is 0 Å². The zero-order chi connectivity index (χ0) is 21.4. The molecule has 0 radical (unpaired) electrons. The Hall–Kier alpha value is -2.87. The minimum atomic E-state index is -1.45. The number of aliphatic carboxylic acids is 1. The highest BCUT2D eigenvalue weighted by molar-refractivity contribution is 8.01. The van der Waals surface area contributed by atoms with Gasteiger partial charge >= 0.3 is 0 Å². The molecule has 14 heteroatoms. The fourth-order valence-corrected chi connectivity index (χ4v) is 5.34. The molecule has 2 aromatic rings. The van der Waals surface area contributed by atoms with E-state index in [1.54, 1.807) is 13.8 Å². The Morgan fingerprint density at radius 2 is 2.13 bits per heavy atom. The van der Waals surface area contributed by atoms with Crippen LogP contribution in [-0.4, -0.2) is 65.9 Å². The first-order chi connectivity index (χ1) is 14.3. The van der Waals surface area contributed by atoms with Gasteiger partial charge in [-0.2, -0.15) is 4.98 Å². The normalized spacial score (nSPS) is 20.7. The lowest BCUT2D eigenvalue weighted by Crippen LogP contribution is -2.71. The molecule has 1 saturated heterocycles. The number of hydrogen-bond acceptors (Lipinski definition) is 12. The maximum Gasteiger partial charge on any atom is 0.276 e. The zero-order valence-corrected chi connectivity index (χ0v) is 17.4. The monoisotopic (exact) mass is 451 g/mol. The second kappa shape index (κ2) is 8.10. The summed E-state index contributed by atoms with van der Waals surface area (Å²) < 4.78 is 10.1. The number of carboxylic acid groups (broad SMARTS) is 1. The van der Waals surface area contributed by atoms with Gasteiger partial charge in [-0.25, -0.2) is 0 Å². The van der Waals surface area contributed by atoms with Crippen LogP contribution in [0.4, 0.5) is 0 Å². The first kappa shape index (κ1) is 20.4. The van der Waals surface area contributed by atoms with Gasteiger partial charge in [0.05, 0.1) is 18.1 Å². The summed E-state index contributed by atoms with van der Waals surface area (Å²) in [5, 5.41) is 25.3. The van der Waals surface area contributed by atoms with Crippen molar-refractivity contribution in [3.63, 3.8) is 0 Å². The summed E-state index contributed by atoms with van der Waals surface area (Å²) in [6.07, 6.45) is -0.146. The van der Waals surface area contributed by atoms with E-state index in [0.29, 0.717) is 28.3 Å². The third-order valence-electron chi connectivity index (χ3n) is 4.32. The van der Waals surface area contributed by atoms with E-state index < -0.39 is 29.2 Å². The van der Waals surface area contributed by atoms with Crippen LogP contribution in [-0.2, 0) is 20.8 Å². The molecular weight excluding hydrogens is 436 g/mol. The molecule has 2 unspecified atom stereocenters. The fraction of sp³-hybridized carbons (Fsp3) is 0.438. The number of β-lactam (4-membered cyclic amide) rings is 1. The Bertz CT molecular complexity index is 1050. The van der Waals surface area contributed by atoms with Crippen molar-refractivity contribution in [1.29, 1.82) is 0 Å². The molecule has 0 saturated carbocycles. The third kappa shape index (κ3) is 3.92. The number of hydrogen-bond donors (Lipinski definition) is 1. The highest BCUT2D eigenvalue weighted by Crippen LogP contribution is 2.41. The maximum atomic E-state index is 12.6. The second-order valence-corrected chi connectivity index (χ2v) is 8.51. The number of carbonyl (C=O) groups excluding carboxylic acids is 3. The molecule has 2 aliphatic rings. The Morgan fingerprint density at radius 3 is 2.77 bits per heavy atom. The largest absolute Gasteiger partial charge is 0.543 e. The molecule has 2 aliphatic heterocycles. The molecule has 0 aliphatic carbocycles. The fourth-order valence-electron chi connectivity index (χ4n) is 3.05. The number of fused-ring (bicyclic) bond motifs is 1. The van der Waals surface area contributed by atoms with Crippen molar-refractivity contribution in [2.45, 2.75) is 36.9 Å². The lowest BCUT2D eigenvalue weighted by atomic mass is 10.0. The first-order valence-electron chi connectivity index (χ1n) is 8.73. The predicted octanol–water partition coefficient (Wildman–Crippen LogP) is -1.19. The zero-order valence-electron chi connectivity index (χ0n) is 15.8. The molecule has 2 aromatic heterocycles. The summed E-state index contributed by atoms with van der Waals surface area (Å²) in [4.78, 5) is 41.6. The summed E-state index contributed by atoms with van der Waals surface area (Å²) in [6.45, 7) is 3.25. The molecule has 0 bridgehead atoms. The minimum Gasteiger partial charge on any atom is -0.543 e. The van der Waals surface area contributed by atoms with E-state index >= 15 is 0 Å². The van der Waals surface area contributed by atoms with E-state index in [4.69, 9.17) is 8.94 Å². The van der Waals surface area contributed by atoms with E-state index in [2.05, 4.69) is 25.7 Å². The van der Waals surface area contributed by atoms with Crippen LogP contribution in [0.2, 0.25) is 0 Å². The number of carboxylic acids is 1. The number of thioether (sulfide) groups is 2. The van der Waals surface area contributed by atoms with Gasteiger partial charge in [-0.3, -0.25) is 14.5 Å². The van der Waals surface area contributed by atoms with Gasteiger partial charge in [0.15, 0.2) is 5.82 Å². The SMILES string of the molecule is Cc1nc(CC(=O)NC2C(=O)N3C(C(=O)[O-])=C(CSc4nnc(C)o4)CSC23)no1. The average Bonchev–Trinajstić information content (AvgIpc) is 3.31. The standard InChI is InChI=1S/C16H16N6O6S2/c1-6-17-9(21-28-6)3-10(23)18-11-13(24)22-12(15(25)26)8(4-29-14(11)22)5-30-16-20-19-7(2)27-16/h11,14H,3-5H2,1-2H3,(H,18,23)(H,25,26)/p-1. The molecule has 1 N–H and O–H groups in total. The van der Waals surface area contributed by atoms with Gasteiger partial charge in [0, 0.05) is 25.4 Å². The number of nitrogens with one attached hydrogen (secondary N) is 1. The van der Waals surface area contributed by atoms with E-state index in [1.807, 2.05) is 0 Å². The Morgan fingerprint density at radius 1 is 1.33 bits per heavy atom. The lowest BCUT2D eigenvalue weighted by Gasteiger charge is -2.50. The summed E-state index contributed by atoms with van der Waals surface area (Å²) in [7, 11) is 0. The number of aryl methyl sites for hydroxylation is 2. The van der Waals surface area contributed by atoms with Gasteiger partial charge in [-0.1, -0.05) is 16.9 Å². The highest BCUT2D eigenvalue weighted by atomic mass is 32.2. The Balaban J connectivity index is 1.43. The van der Waals surface area contributed by atoms with Crippen LogP contribution in [0, 0.1) is 13.8 Å². The van der Waals surface area contributed by atoms with E-state index in [9.17, 15) is 19.5 Å². The van der Waals surface area contributed by atoms with Gasteiger partial charge < -0.3 is 24.2 Å². The van der Waals surface area contributed by atoms with Crippen molar-refractivity contribution in [3.8, 4) is 0 Å². The van der Waals surface area contributed by atoms with Crippen molar-refractivity contribution >= 4 is 41.3 Å². The molecule has 4 rings (SSSR count). The summed E-state index contributed by atoms with van der Waals surface area (Å²) >= 11 is 2.54. The summed E-state index contributed by atoms with van der Waals surface area (Å²) in [5.74, 6) is -0.874. The van der Waals surface area contributed by atoms with Crippen LogP contribution >= 0.6 is 23.5 Å². The van der Waals surface area contributed by atoms with Crippen LogP contribution in [0.15, 0.2) is 25.4 Å². The topological polar surface area (TPSA) is 167 Å². The minimum absolute atomic E-state index is 0.146. The number of carbonyl (C=O) groups is 3. The first-order valence-corrected chi connectivity index (χ1v) is 10.8. The van der Waals surface area contributed by atoms with E-state index in [0.717, 1.165) is 4.90 Å². The quantitative estimate of drug-likeness (QED) is 0.395. The summed E-state index contributed by atoms with van der Waals surface area (Å²) in [6, 6.07) is -0.836. The molecule has 1 fully saturated rings. The number of nitrogens with zero attached hydrogens (tertiary/aromatic N) is 5. The molecule has 2 atom stereocenters. The molecule has 158 valence electrons. The van der Waals surface area contributed by atoms with E-state index in [-0.39, 0.29) is 23.7 Å². The van der Waals surface area contributed by atoms with Gasteiger partial charge in [0.1, 0.15) is 11.4 Å². The van der Waals surface area contributed by atoms with Crippen LogP contribution in [0.25, 0.3) is 0 Å². The highest BCUT2D eigenvalue weighted by Gasteiger charge is 2.52. The number of amides is 2. The second-order valence-electron chi connectivity index (χ2n) is 6.48. The molecule has 0 aromatic carbocycles. The molecule has 4 heterocycles. The summed E-state index contributed by atoms with van der Waals surface area (Å²) in [5.41, 5.74) is 0.337. The molecule has 2 amide bonds. The maximum absolute atomic E-state index is 12.6. The molecular formula is C16H15N6O6S2-. The predicted molar refractivity (Wildman–Crippen MR) is 99.6 cm³/mol. The van der Waals surface area contributed by atoms with Crippen molar-refractivity contribution in [1.82, 2.24) is 30.6 Å². The van der Waals surface area contributed by atoms with Crippen molar-refractivity contribution in [2.75, 3.05) is 11.5 Å². The van der Waals surface area contributed by atoms with Crippen LogP contribution in [0.5, 0.6) is 0 Å². The number of aromatic nitrogens is 4. The molecule has 12 nitrogen and oxygen atoms in total. The van der Waals surface area contributed by atoms with E-state index in [1.165, 1.54) is 23.5 Å². The molecule has 30 heavy (non-hydrogen) atoms.